The zero-order chi connectivity index (χ0) is 21.0. The van der Waals surface area contributed by atoms with Crippen LogP contribution in [0.3, 0.4) is 0 Å². The third kappa shape index (κ3) is 4.43. The third-order valence-corrected chi connectivity index (χ3v) is 5.70. The van der Waals surface area contributed by atoms with E-state index in [0.29, 0.717) is 41.2 Å². The number of amides is 1. The summed E-state index contributed by atoms with van der Waals surface area (Å²) in [4.78, 5) is 17.3. The molecule has 150 valence electrons. The van der Waals surface area contributed by atoms with Crippen LogP contribution in [0.25, 0.3) is 5.69 Å². The smallest absolute Gasteiger partial charge is 0.263 e. The van der Waals surface area contributed by atoms with Gasteiger partial charge in [0.1, 0.15) is 28.1 Å². The Balaban J connectivity index is 1.64. The van der Waals surface area contributed by atoms with Gasteiger partial charge in [-0.15, -0.1) is 11.3 Å². The topological polar surface area (TPSA) is 110 Å². The predicted octanol–water partition coefficient (Wildman–Crippen LogP) is 3.16. The first-order valence-corrected chi connectivity index (χ1v) is 10.0. The van der Waals surface area contributed by atoms with E-state index in [1.807, 2.05) is 13.8 Å². The molecule has 0 radical (unpaired) electrons. The second kappa shape index (κ2) is 8.84. The molecule has 0 fully saturated rings. The lowest BCUT2D eigenvalue weighted by atomic mass is 10.1. The maximum Gasteiger partial charge on any atom is 0.263 e. The number of nitrogens with one attached hydrogen (secondary N) is 1. The van der Waals surface area contributed by atoms with Gasteiger partial charge in [0.15, 0.2) is 0 Å². The van der Waals surface area contributed by atoms with Gasteiger partial charge in [0.2, 0.25) is 0 Å². The fraction of sp³-hybridized carbons (Fsp3) is 0.300. The average molecular weight is 412 g/mol. The van der Waals surface area contributed by atoms with E-state index in [0.717, 1.165) is 17.1 Å². The largest absolute Gasteiger partial charge is 0.382 e. The Morgan fingerprint density at radius 1 is 1.38 bits per heavy atom. The van der Waals surface area contributed by atoms with Gasteiger partial charge in [-0.2, -0.15) is 10.4 Å². The first-order chi connectivity index (χ1) is 13.9. The van der Waals surface area contributed by atoms with Crippen molar-refractivity contribution >= 4 is 23.1 Å². The van der Waals surface area contributed by atoms with Crippen LogP contribution in [0.5, 0.6) is 0 Å². The van der Waals surface area contributed by atoms with E-state index in [4.69, 9.17) is 5.73 Å². The number of aryl methyl sites for hydroxylation is 3. The Bertz CT molecular complexity index is 1060. The standard InChI is InChI=1S/C20H21FN6OS/c1-3-17-25-12(2)18(29-17)20(28)24-10-4-5-16-15(11-22)19(23)27(26-16)14-8-6-13(21)7-9-14/h6-9H,3-5,10,23H2,1-2H3,(H,24,28). The third-order valence-electron chi connectivity index (χ3n) is 4.40. The molecule has 0 atom stereocenters. The zero-order valence-electron chi connectivity index (χ0n) is 16.2. The number of benzene rings is 1. The van der Waals surface area contributed by atoms with Crippen molar-refractivity contribution in [3.63, 3.8) is 0 Å². The van der Waals surface area contributed by atoms with Gasteiger partial charge < -0.3 is 11.1 Å². The van der Waals surface area contributed by atoms with E-state index in [9.17, 15) is 14.4 Å². The maximum atomic E-state index is 13.1. The van der Waals surface area contributed by atoms with Crippen molar-refractivity contribution in [3.05, 3.63) is 56.9 Å². The fourth-order valence-electron chi connectivity index (χ4n) is 2.91. The molecule has 3 rings (SSSR count). The Labute approximate surface area is 172 Å². The molecule has 0 bridgehead atoms. The molecule has 29 heavy (non-hydrogen) atoms. The summed E-state index contributed by atoms with van der Waals surface area (Å²) in [6, 6.07) is 7.79. The Kier molecular flexibility index (Phi) is 6.24. The number of thiazole rings is 1. The molecular formula is C20H21FN6OS. The zero-order valence-corrected chi connectivity index (χ0v) is 17.0. The van der Waals surface area contributed by atoms with E-state index in [1.54, 1.807) is 12.1 Å². The van der Waals surface area contributed by atoms with Crippen LogP contribution in [-0.2, 0) is 12.8 Å². The Morgan fingerprint density at radius 3 is 2.72 bits per heavy atom. The number of carbonyl (C=O) groups is 1. The van der Waals surface area contributed by atoms with Crippen molar-refractivity contribution in [1.82, 2.24) is 20.1 Å². The highest BCUT2D eigenvalue weighted by atomic mass is 32.1. The van der Waals surface area contributed by atoms with Gasteiger partial charge in [-0.1, -0.05) is 6.92 Å². The van der Waals surface area contributed by atoms with Crippen LogP contribution in [0, 0.1) is 24.1 Å². The highest BCUT2D eigenvalue weighted by Crippen LogP contribution is 2.22. The molecule has 0 spiro atoms. The van der Waals surface area contributed by atoms with Gasteiger partial charge in [-0.05, 0) is 50.5 Å². The quantitative estimate of drug-likeness (QED) is 0.579. The SMILES string of the molecule is CCc1nc(C)c(C(=O)NCCCc2nn(-c3ccc(F)cc3)c(N)c2C#N)s1. The molecule has 0 saturated heterocycles. The number of hydrogen-bond donors (Lipinski definition) is 2. The number of hydrogen-bond acceptors (Lipinski definition) is 6. The van der Waals surface area contributed by atoms with Gasteiger partial charge in [0.05, 0.1) is 22.1 Å². The molecule has 2 aromatic heterocycles. The number of carbonyl (C=O) groups excluding carboxylic acids is 1. The molecule has 0 aliphatic heterocycles. The first kappa shape index (κ1) is 20.5. The molecule has 3 aromatic rings. The second-order valence-electron chi connectivity index (χ2n) is 6.44. The average Bonchev–Trinajstić information content (AvgIpc) is 3.25. The summed E-state index contributed by atoms with van der Waals surface area (Å²) >= 11 is 1.41. The first-order valence-electron chi connectivity index (χ1n) is 9.22. The van der Waals surface area contributed by atoms with E-state index < -0.39 is 0 Å². The minimum atomic E-state index is -0.363. The predicted molar refractivity (Wildman–Crippen MR) is 110 cm³/mol. The number of halogens is 1. The van der Waals surface area contributed by atoms with Crippen LogP contribution >= 0.6 is 11.3 Å². The van der Waals surface area contributed by atoms with Crippen molar-refractivity contribution in [2.75, 3.05) is 12.3 Å². The summed E-state index contributed by atoms with van der Waals surface area (Å²) in [6.07, 6.45) is 1.87. The van der Waals surface area contributed by atoms with Crippen molar-refractivity contribution in [2.24, 2.45) is 0 Å². The van der Waals surface area contributed by atoms with E-state index in [2.05, 4.69) is 21.5 Å². The van der Waals surface area contributed by atoms with Crippen molar-refractivity contribution in [3.8, 4) is 11.8 Å². The van der Waals surface area contributed by atoms with Crippen LogP contribution < -0.4 is 11.1 Å². The minimum absolute atomic E-state index is 0.142. The van der Waals surface area contributed by atoms with Crippen molar-refractivity contribution in [1.29, 1.82) is 5.26 Å². The minimum Gasteiger partial charge on any atom is -0.382 e. The molecule has 3 N–H and O–H groups in total. The molecule has 0 aliphatic rings. The summed E-state index contributed by atoms with van der Waals surface area (Å²) in [5.74, 6) is -0.291. The summed E-state index contributed by atoms with van der Waals surface area (Å²) in [5, 5.41) is 17.7. The van der Waals surface area contributed by atoms with Crippen LogP contribution in [0.2, 0.25) is 0 Å². The number of nitrogen functional groups attached to an aromatic ring is 1. The van der Waals surface area contributed by atoms with Gasteiger partial charge in [-0.3, -0.25) is 4.79 Å². The fourth-order valence-corrected chi connectivity index (χ4v) is 3.83. The molecule has 0 saturated carbocycles. The second-order valence-corrected chi connectivity index (χ2v) is 7.53. The number of nitrogens with two attached hydrogens (primary N) is 1. The number of nitriles is 1. The van der Waals surface area contributed by atoms with Crippen LogP contribution in [0.15, 0.2) is 24.3 Å². The molecular weight excluding hydrogens is 391 g/mol. The molecule has 0 unspecified atom stereocenters. The summed E-state index contributed by atoms with van der Waals surface area (Å²) in [5.41, 5.74) is 8.21. The molecule has 9 heteroatoms. The number of rotatable bonds is 7. The highest BCUT2D eigenvalue weighted by molar-refractivity contribution is 7.13. The van der Waals surface area contributed by atoms with Crippen LogP contribution in [0.1, 0.15) is 45.0 Å². The normalized spacial score (nSPS) is 10.7. The lowest BCUT2D eigenvalue weighted by molar-refractivity contribution is 0.0956. The molecule has 0 aliphatic carbocycles. The molecule has 1 aromatic carbocycles. The molecule has 1 amide bonds. The van der Waals surface area contributed by atoms with Gasteiger partial charge in [0, 0.05) is 6.54 Å². The highest BCUT2D eigenvalue weighted by Gasteiger charge is 2.17. The van der Waals surface area contributed by atoms with Crippen LogP contribution in [0.4, 0.5) is 10.2 Å². The van der Waals surface area contributed by atoms with Gasteiger partial charge in [0.25, 0.3) is 5.91 Å². The maximum absolute atomic E-state index is 13.1. The lowest BCUT2D eigenvalue weighted by Gasteiger charge is -2.04. The number of nitrogens with zero attached hydrogens (tertiary/aromatic N) is 4. The van der Waals surface area contributed by atoms with Crippen molar-refractivity contribution < 1.29 is 9.18 Å². The number of anilines is 1. The van der Waals surface area contributed by atoms with Crippen LogP contribution in [-0.4, -0.2) is 27.2 Å². The van der Waals surface area contributed by atoms with Gasteiger partial charge in [-0.25, -0.2) is 14.1 Å². The molecule has 2 heterocycles. The van der Waals surface area contributed by atoms with E-state index in [1.165, 1.54) is 28.2 Å². The Hall–Kier alpha value is -3.25. The summed E-state index contributed by atoms with van der Waals surface area (Å²) < 4.78 is 14.6. The van der Waals surface area contributed by atoms with E-state index >= 15 is 0 Å². The van der Waals surface area contributed by atoms with Gasteiger partial charge >= 0.3 is 0 Å². The van der Waals surface area contributed by atoms with E-state index in [-0.39, 0.29) is 17.5 Å². The monoisotopic (exact) mass is 412 g/mol. The summed E-state index contributed by atoms with van der Waals surface area (Å²) in [6.45, 7) is 4.27. The number of aromatic nitrogens is 3. The lowest BCUT2D eigenvalue weighted by Crippen LogP contribution is -2.24. The molecule has 7 nitrogen and oxygen atoms in total. The Morgan fingerprint density at radius 2 is 2.10 bits per heavy atom. The van der Waals surface area contributed by atoms with Crippen molar-refractivity contribution in [2.45, 2.75) is 33.1 Å². The summed E-state index contributed by atoms with van der Waals surface area (Å²) in [7, 11) is 0.